The minimum Gasteiger partial charge on any atom is -0.435 e. The second-order valence-corrected chi connectivity index (χ2v) is 7.45. The molecule has 0 radical (unpaired) electrons. The number of urea groups is 1. The first-order valence-electron chi connectivity index (χ1n) is 7.13. The highest BCUT2D eigenvalue weighted by Crippen LogP contribution is 2.15. The summed E-state index contributed by atoms with van der Waals surface area (Å²) in [5.74, 6) is 0.0696. The number of carbonyl (C=O) groups is 1. The van der Waals surface area contributed by atoms with Crippen LogP contribution in [0.2, 0.25) is 0 Å². The Morgan fingerprint density at radius 2 is 1.83 bits per heavy atom. The quantitative estimate of drug-likeness (QED) is 0.870. The van der Waals surface area contributed by atoms with E-state index in [0.717, 1.165) is 5.56 Å². The van der Waals surface area contributed by atoms with Crippen molar-refractivity contribution in [1.82, 2.24) is 10.2 Å². The molecule has 0 atom stereocenters. The molecular weight excluding hydrogens is 330 g/mol. The molecule has 0 saturated carbocycles. The first-order chi connectivity index (χ1) is 10.9. The van der Waals surface area contributed by atoms with Gasteiger partial charge in [-0.1, -0.05) is 12.1 Å². The highest BCUT2D eigenvalue weighted by molar-refractivity contribution is 7.91. The lowest BCUT2D eigenvalue weighted by Crippen LogP contribution is -2.48. The van der Waals surface area contributed by atoms with Crippen LogP contribution in [0.15, 0.2) is 24.3 Å². The molecule has 1 heterocycles. The Morgan fingerprint density at radius 3 is 2.39 bits per heavy atom. The lowest BCUT2D eigenvalue weighted by atomic mass is 10.1. The van der Waals surface area contributed by atoms with Crippen LogP contribution in [-0.4, -0.2) is 57.1 Å². The van der Waals surface area contributed by atoms with E-state index < -0.39 is 16.4 Å². The fraction of sp³-hybridized carbons (Fsp3) is 0.500. The third-order valence-electron chi connectivity index (χ3n) is 3.47. The topological polar surface area (TPSA) is 75.7 Å². The van der Waals surface area contributed by atoms with Crippen LogP contribution in [-0.2, 0) is 16.3 Å². The number of halogens is 2. The van der Waals surface area contributed by atoms with E-state index in [-0.39, 0.29) is 36.4 Å². The van der Waals surface area contributed by atoms with Crippen LogP contribution in [0.5, 0.6) is 5.75 Å². The summed E-state index contributed by atoms with van der Waals surface area (Å²) in [6.45, 7) is -2.08. The Balaban J connectivity index is 1.73. The first-order valence-corrected chi connectivity index (χ1v) is 8.95. The maximum Gasteiger partial charge on any atom is 0.387 e. The second-order valence-electron chi connectivity index (χ2n) is 5.14. The zero-order chi connectivity index (χ0) is 16.9. The highest BCUT2D eigenvalue weighted by atomic mass is 32.2. The third kappa shape index (κ3) is 5.66. The van der Waals surface area contributed by atoms with Crippen molar-refractivity contribution in [3.8, 4) is 5.75 Å². The van der Waals surface area contributed by atoms with Gasteiger partial charge in [-0.15, -0.1) is 0 Å². The Bertz CT molecular complexity index is 621. The van der Waals surface area contributed by atoms with Crippen LogP contribution in [0.1, 0.15) is 5.56 Å². The first kappa shape index (κ1) is 17.5. The molecule has 1 aliphatic rings. The van der Waals surface area contributed by atoms with Gasteiger partial charge in [0.05, 0.1) is 11.5 Å². The number of hydrogen-bond donors (Lipinski definition) is 1. The Hall–Kier alpha value is -1.90. The summed E-state index contributed by atoms with van der Waals surface area (Å²) in [5.41, 5.74) is 0.869. The predicted molar refractivity (Wildman–Crippen MR) is 80.4 cm³/mol. The standard InChI is InChI=1S/C14H18F2N2O4S/c15-13(16)22-12-3-1-11(2-4-12)5-6-17-14(19)18-7-9-23(20,21)10-8-18/h1-4,13H,5-10H2,(H,17,19). The average molecular weight is 348 g/mol. The molecule has 23 heavy (non-hydrogen) atoms. The molecule has 0 unspecified atom stereocenters. The largest absolute Gasteiger partial charge is 0.435 e. The van der Waals surface area contributed by atoms with Crippen LogP contribution in [0.25, 0.3) is 0 Å². The summed E-state index contributed by atoms with van der Waals surface area (Å²) in [6.07, 6.45) is 0.535. The molecule has 0 aromatic heterocycles. The van der Waals surface area contributed by atoms with Gasteiger partial charge < -0.3 is 15.0 Å². The van der Waals surface area contributed by atoms with Gasteiger partial charge in [0.15, 0.2) is 9.84 Å². The number of amides is 2. The van der Waals surface area contributed by atoms with E-state index >= 15 is 0 Å². The van der Waals surface area contributed by atoms with Crippen molar-refractivity contribution >= 4 is 15.9 Å². The smallest absolute Gasteiger partial charge is 0.387 e. The van der Waals surface area contributed by atoms with Gasteiger partial charge in [0.25, 0.3) is 0 Å². The molecular formula is C14H18F2N2O4S. The van der Waals surface area contributed by atoms with Gasteiger partial charge in [0.1, 0.15) is 5.75 Å². The van der Waals surface area contributed by atoms with Crippen LogP contribution in [0.4, 0.5) is 13.6 Å². The lowest BCUT2D eigenvalue weighted by Gasteiger charge is -2.26. The minimum atomic E-state index is -3.01. The van der Waals surface area contributed by atoms with E-state index in [1.807, 2.05) is 0 Å². The van der Waals surface area contributed by atoms with Gasteiger partial charge in [-0.25, -0.2) is 13.2 Å². The summed E-state index contributed by atoms with van der Waals surface area (Å²) in [5, 5.41) is 2.72. The normalized spacial score (nSPS) is 17.1. The number of carbonyl (C=O) groups excluding carboxylic acids is 1. The minimum absolute atomic E-state index is 0.00792. The molecule has 2 rings (SSSR count). The molecule has 0 aliphatic carbocycles. The Morgan fingerprint density at radius 1 is 1.22 bits per heavy atom. The molecule has 1 aromatic carbocycles. The average Bonchev–Trinajstić information content (AvgIpc) is 2.48. The van der Waals surface area contributed by atoms with Gasteiger partial charge >= 0.3 is 12.6 Å². The molecule has 1 aromatic rings. The van der Waals surface area contributed by atoms with Gasteiger partial charge in [-0.05, 0) is 24.1 Å². The number of nitrogens with zero attached hydrogens (tertiary/aromatic N) is 1. The van der Waals surface area contributed by atoms with Crippen molar-refractivity contribution in [3.05, 3.63) is 29.8 Å². The number of ether oxygens (including phenoxy) is 1. The van der Waals surface area contributed by atoms with Crippen molar-refractivity contribution in [2.24, 2.45) is 0 Å². The maximum atomic E-state index is 12.0. The predicted octanol–water partition coefficient (Wildman–Crippen LogP) is 1.27. The summed E-state index contributed by atoms with van der Waals surface area (Å²) in [6, 6.07) is 5.89. The molecule has 1 fully saturated rings. The zero-order valence-electron chi connectivity index (χ0n) is 12.4. The van der Waals surface area contributed by atoms with Gasteiger partial charge in [-0.3, -0.25) is 0 Å². The molecule has 1 N–H and O–H groups in total. The van der Waals surface area contributed by atoms with Crippen molar-refractivity contribution in [1.29, 1.82) is 0 Å². The molecule has 6 nitrogen and oxygen atoms in total. The molecule has 0 spiro atoms. The van der Waals surface area contributed by atoms with Gasteiger partial charge in [-0.2, -0.15) is 8.78 Å². The van der Waals surface area contributed by atoms with Crippen LogP contribution in [0, 0.1) is 0 Å². The number of nitrogens with one attached hydrogen (secondary N) is 1. The van der Waals surface area contributed by atoms with Crippen LogP contribution in [0.3, 0.4) is 0 Å². The second kappa shape index (κ2) is 7.58. The number of hydrogen-bond acceptors (Lipinski definition) is 4. The fourth-order valence-electron chi connectivity index (χ4n) is 2.18. The number of sulfone groups is 1. The highest BCUT2D eigenvalue weighted by Gasteiger charge is 2.24. The van der Waals surface area contributed by atoms with E-state index in [0.29, 0.717) is 13.0 Å². The van der Waals surface area contributed by atoms with Gasteiger partial charge in [0, 0.05) is 19.6 Å². The summed E-state index contributed by atoms with van der Waals surface area (Å²) < 4.78 is 50.9. The molecule has 0 bridgehead atoms. The SMILES string of the molecule is O=C(NCCc1ccc(OC(F)F)cc1)N1CCS(=O)(=O)CC1. The lowest BCUT2D eigenvalue weighted by molar-refractivity contribution is -0.0498. The van der Waals surface area contributed by atoms with Crippen molar-refractivity contribution in [2.45, 2.75) is 13.0 Å². The van der Waals surface area contributed by atoms with Crippen molar-refractivity contribution in [2.75, 3.05) is 31.1 Å². The Kier molecular flexibility index (Phi) is 5.75. The number of benzene rings is 1. The fourth-order valence-corrected chi connectivity index (χ4v) is 3.38. The van der Waals surface area contributed by atoms with E-state index in [4.69, 9.17) is 0 Å². The number of alkyl halides is 2. The van der Waals surface area contributed by atoms with E-state index in [2.05, 4.69) is 10.1 Å². The van der Waals surface area contributed by atoms with Crippen molar-refractivity contribution in [3.63, 3.8) is 0 Å². The van der Waals surface area contributed by atoms with Gasteiger partial charge in [0.2, 0.25) is 0 Å². The molecule has 2 amide bonds. The summed E-state index contributed by atoms with van der Waals surface area (Å²) in [7, 11) is -3.01. The monoisotopic (exact) mass is 348 g/mol. The molecule has 9 heteroatoms. The van der Waals surface area contributed by atoms with Crippen molar-refractivity contribution < 1.29 is 26.7 Å². The molecule has 1 aliphatic heterocycles. The zero-order valence-corrected chi connectivity index (χ0v) is 13.2. The third-order valence-corrected chi connectivity index (χ3v) is 5.08. The number of rotatable bonds is 5. The van der Waals surface area contributed by atoms with Crippen LogP contribution < -0.4 is 10.1 Å². The van der Waals surface area contributed by atoms with E-state index in [1.165, 1.54) is 17.0 Å². The van der Waals surface area contributed by atoms with E-state index in [9.17, 15) is 22.0 Å². The Labute approximate surface area is 133 Å². The summed E-state index contributed by atoms with van der Waals surface area (Å²) >= 11 is 0. The molecule has 1 saturated heterocycles. The van der Waals surface area contributed by atoms with Crippen LogP contribution >= 0.6 is 0 Å². The summed E-state index contributed by atoms with van der Waals surface area (Å²) in [4.78, 5) is 13.4. The van der Waals surface area contributed by atoms with E-state index in [1.54, 1.807) is 12.1 Å². The maximum absolute atomic E-state index is 12.0. The molecule has 128 valence electrons.